The first kappa shape index (κ1) is 18.0. The van der Waals surface area contributed by atoms with E-state index in [1.807, 2.05) is 32.0 Å². The maximum Gasteiger partial charge on any atom is 0.163 e. The Morgan fingerprint density at radius 3 is 2.52 bits per heavy atom. The first-order valence-corrected chi connectivity index (χ1v) is 7.67. The summed E-state index contributed by atoms with van der Waals surface area (Å²) in [5, 5.41) is 19.1. The fourth-order valence-corrected chi connectivity index (χ4v) is 3.01. The summed E-state index contributed by atoms with van der Waals surface area (Å²) in [5.74, 6) is 0.704. The maximum atomic E-state index is 9.92. The van der Waals surface area contributed by atoms with Gasteiger partial charge in [-0.15, -0.1) is 0 Å². The van der Waals surface area contributed by atoms with Crippen LogP contribution in [0, 0.1) is 0 Å². The highest BCUT2D eigenvalue weighted by atomic mass is 16.8. The van der Waals surface area contributed by atoms with Crippen molar-refractivity contribution < 1.29 is 29.2 Å². The summed E-state index contributed by atoms with van der Waals surface area (Å²) < 4.78 is 22.5. The number of ether oxygens (including phenoxy) is 4. The molecule has 0 bridgehead atoms. The van der Waals surface area contributed by atoms with Crippen LogP contribution in [-0.4, -0.2) is 55.1 Å². The SMILES string of the molecule is COc1ccc(OC)c(CC2(CC(O)CO)COC(C)(C)O2)c1. The first-order chi connectivity index (χ1) is 10.8. The zero-order chi connectivity index (χ0) is 17.1. The second-order valence-electron chi connectivity index (χ2n) is 6.37. The van der Waals surface area contributed by atoms with Crippen molar-refractivity contribution in [1.29, 1.82) is 0 Å². The third kappa shape index (κ3) is 4.35. The van der Waals surface area contributed by atoms with Crippen LogP contribution >= 0.6 is 0 Å². The average molecular weight is 326 g/mol. The third-order valence-electron chi connectivity index (χ3n) is 3.96. The van der Waals surface area contributed by atoms with Crippen molar-refractivity contribution in [2.75, 3.05) is 27.4 Å². The Morgan fingerprint density at radius 2 is 2.00 bits per heavy atom. The molecule has 23 heavy (non-hydrogen) atoms. The molecule has 0 spiro atoms. The molecule has 1 fully saturated rings. The van der Waals surface area contributed by atoms with Crippen molar-refractivity contribution >= 4 is 0 Å². The Balaban J connectivity index is 2.31. The van der Waals surface area contributed by atoms with E-state index in [1.165, 1.54) is 0 Å². The summed E-state index contributed by atoms with van der Waals surface area (Å²) >= 11 is 0. The van der Waals surface area contributed by atoms with Gasteiger partial charge in [0.25, 0.3) is 0 Å². The molecule has 0 aliphatic carbocycles. The number of aliphatic hydroxyl groups excluding tert-OH is 2. The molecule has 2 N–H and O–H groups in total. The number of hydrogen-bond acceptors (Lipinski definition) is 6. The van der Waals surface area contributed by atoms with Gasteiger partial charge < -0.3 is 29.2 Å². The van der Waals surface area contributed by atoms with Crippen LogP contribution in [0.1, 0.15) is 25.8 Å². The van der Waals surface area contributed by atoms with Crippen molar-refractivity contribution in [3.8, 4) is 11.5 Å². The number of methoxy groups -OCH3 is 2. The molecule has 2 rings (SSSR count). The number of benzene rings is 1. The molecule has 1 saturated heterocycles. The van der Waals surface area contributed by atoms with E-state index in [-0.39, 0.29) is 13.0 Å². The fraction of sp³-hybridized carbons (Fsp3) is 0.647. The summed E-state index contributed by atoms with van der Waals surface area (Å²) in [6, 6.07) is 5.55. The van der Waals surface area contributed by atoms with Gasteiger partial charge in [0.15, 0.2) is 5.79 Å². The number of rotatable bonds is 7. The highest BCUT2D eigenvalue weighted by Crippen LogP contribution is 2.39. The van der Waals surface area contributed by atoms with Crippen LogP contribution in [0.25, 0.3) is 0 Å². The monoisotopic (exact) mass is 326 g/mol. The normalized spacial score (nSPS) is 24.4. The Bertz CT molecular complexity index is 530. The van der Waals surface area contributed by atoms with Gasteiger partial charge in [0.1, 0.15) is 17.1 Å². The molecule has 2 atom stereocenters. The van der Waals surface area contributed by atoms with E-state index >= 15 is 0 Å². The van der Waals surface area contributed by atoms with Crippen LogP contribution in [0.5, 0.6) is 11.5 Å². The second-order valence-corrected chi connectivity index (χ2v) is 6.37. The molecule has 1 aliphatic heterocycles. The van der Waals surface area contributed by atoms with Gasteiger partial charge in [-0.25, -0.2) is 0 Å². The van der Waals surface area contributed by atoms with Gasteiger partial charge in [-0.05, 0) is 32.0 Å². The molecule has 2 unspecified atom stereocenters. The second kappa shape index (κ2) is 7.05. The molecular weight excluding hydrogens is 300 g/mol. The summed E-state index contributed by atoms with van der Waals surface area (Å²) in [6.45, 7) is 3.68. The van der Waals surface area contributed by atoms with Crippen molar-refractivity contribution in [3.05, 3.63) is 23.8 Å². The van der Waals surface area contributed by atoms with E-state index in [2.05, 4.69) is 0 Å². The van der Waals surface area contributed by atoms with Crippen molar-refractivity contribution in [1.82, 2.24) is 0 Å². The third-order valence-corrected chi connectivity index (χ3v) is 3.96. The molecule has 6 nitrogen and oxygen atoms in total. The highest BCUT2D eigenvalue weighted by molar-refractivity contribution is 5.41. The molecule has 0 saturated carbocycles. The van der Waals surface area contributed by atoms with Crippen LogP contribution in [-0.2, 0) is 15.9 Å². The molecule has 1 aromatic rings. The Morgan fingerprint density at radius 1 is 1.26 bits per heavy atom. The predicted octanol–water partition coefficient (Wildman–Crippen LogP) is 1.51. The first-order valence-electron chi connectivity index (χ1n) is 7.67. The van der Waals surface area contributed by atoms with Crippen LogP contribution in [0.4, 0.5) is 0 Å². The summed E-state index contributed by atoms with van der Waals surface area (Å²) in [6.07, 6.45) is -0.120. The number of aliphatic hydroxyl groups is 2. The zero-order valence-corrected chi connectivity index (χ0v) is 14.2. The van der Waals surface area contributed by atoms with Crippen molar-refractivity contribution in [2.24, 2.45) is 0 Å². The average Bonchev–Trinajstić information content (AvgIpc) is 2.81. The zero-order valence-electron chi connectivity index (χ0n) is 14.2. The lowest BCUT2D eigenvalue weighted by Crippen LogP contribution is -2.41. The quantitative estimate of drug-likeness (QED) is 0.791. The van der Waals surface area contributed by atoms with Gasteiger partial charge in [0.05, 0.1) is 33.5 Å². The fourth-order valence-electron chi connectivity index (χ4n) is 3.01. The van der Waals surface area contributed by atoms with Gasteiger partial charge in [-0.3, -0.25) is 0 Å². The van der Waals surface area contributed by atoms with E-state index in [4.69, 9.17) is 18.9 Å². The minimum atomic E-state index is -0.871. The molecule has 0 amide bonds. The van der Waals surface area contributed by atoms with Crippen molar-refractivity contribution in [3.63, 3.8) is 0 Å². The topological polar surface area (TPSA) is 77.4 Å². The van der Waals surface area contributed by atoms with Gasteiger partial charge >= 0.3 is 0 Å². The molecule has 6 heteroatoms. The Kier molecular flexibility index (Phi) is 5.52. The smallest absolute Gasteiger partial charge is 0.163 e. The standard InChI is InChI=1S/C17H26O6/c1-16(2)22-11-17(23-16,9-13(19)10-18)8-12-7-14(20-3)5-6-15(12)21-4/h5-7,13,18-19H,8-11H2,1-4H3. The lowest BCUT2D eigenvalue weighted by atomic mass is 9.89. The van der Waals surface area contributed by atoms with Gasteiger partial charge in [-0.2, -0.15) is 0 Å². The predicted molar refractivity (Wildman–Crippen MR) is 84.8 cm³/mol. The van der Waals surface area contributed by atoms with E-state index in [0.717, 1.165) is 17.1 Å². The molecular formula is C17H26O6. The molecule has 130 valence electrons. The molecule has 1 aliphatic rings. The largest absolute Gasteiger partial charge is 0.497 e. The minimum absolute atomic E-state index is 0.271. The van der Waals surface area contributed by atoms with Crippen LogP contribution in [0.2, 0.25) is 0 Å². The molecule has 1 aromatic carbocycles. The van der Waals surface area contributed by atoms with E-state index in [0.29, 0.717) is 13.0 Å². The van der Waals surface area contributed by atoms with Crippen LogP contribution in [0.15, 0.2) is 18.2 Å². The van der Waals surface area contributed by atoms with E-state index in [1.54, 1.807) is 14.2 Å². The minimum Gasteiger partial charge on any atom is -0.497 e. The number of hydrogen-bond donors (Lipinski definition) is 2. The Hall–Kier alpha value is -1.34. The molecule has 0 radical (unpaired) electrons. The van der Waals surface area contributed by atoms with Gasteiger partial charge in [0, 0.05) is 18.4 Å². The van der Waals surface area contributed by atoms with E-state index < -0.39 is 17.5 Å². The van der Waals surface area contributed by atoms with Gasteiger partial charge in [-0.1, -0.05) is 0 Å². The van der Waals surface area contributed by atoms with Crippen LogP contribution in [0.3, 0.4) is 0 Å². The molecule has 1 heterocycles. The maximum absolute atomic E-state index is 9.92. The van der Waals surface area contributed by atoms with Crippen molar-refractivity contribution in [2.45, 2.75) is 44.2 Å². The lowest BCUT2D eigenvalue weighted by molar-refractivity contribution is -0.167. The lowest BCUT2D eigenvalue weighted by Gasteiger charge is -2.31. The summed E-state index contributed by atoms with van der Waals surface area (Å²) in [5.41, 5.74) is 0.170. The van der Waals surface area contributed by atoms with Crippen LogP contribution < -0.4 is 9.47 Å². The van der Waals surface area contributed by atoms with E-state index in [9.17, 15) is 10.2 Å². The highest BCUT2D eigenvalue weighted by Gasteiger charge is 2.46. The van der Waals surface area contributed by atoms with Gasteiger partial charge in [0.2, 0.25) is 0 Å². The summed E-state index contributed by atoms with van der Waals surface area (Å²) in [7, 11) is 3.21. The Labute approximate surface area is 136 Å². The molecule has 0 aromatic heterocycles. The summed E-state index contributed by atoms with van der Waals surface area (Å²) in [4.78, 5) is 0.